The average molecular weight is 435 g/mol. The van der Waals surface area contributed by atoms with Crippen LogP contribution in [-0.4, -0.2) is 41.5 Å². The number of nitrogens with zero attached hydrogens (tertiary/aromatic N) is 2. The Kier molecular flexibility index (Phi) is 6.30. The predicted octanol–water partition coefficient (Wildman–Crippen LogP) is 4.80. The largest absolute Gasteiger partial charge is 0.491 e. The molecule has 0 unspecified atom stereocenters. The molecule has 0 aliphatic carbocycles. The Morgan fingerprint density at radius 2 is 2.00 bits per heavy atom. The van der Waals surface area contributed by atoms with Gasteiger partial charge >= 0.3 is 12.8 Å². The number of pyridine rings is 1. The van der Waals surface area contributed by atoms with Gasteiger partial charge in [-0.2, -0.15) is 22.0 Å². The molecular formula is C17H14F5N3O3S. The number of aromatic amines is 1. The van der Waals surface area contributed by atoms with Gasteiger partial charge in [-0.1, -0.05) is 11.8 Å². The van der Waals surface area contributed by atoms with E-state index in [1.807, 2.05) is 0 Å². The van der Waals surface area contributed by atoms with Gasteiger partial charge in [0.05, 0.1) is 23.8 Å². The number of aromatic nitrogens is 3. The zero-order valence-corrected chi connectivity index (χ0v) is 15.6. The monoisotopic (exact) mass is 435 g/mol. The molecule has 0 aliphatic rings. The highest BCUT2D eigenvalue weighted by Gasteiger charge is 2.29. The van der Waals surface area contributed by atoms with Crippen LogP contribution in [0.15, 0.2) is 35.6 Å². The number of alkyl halides is 5. The molecule has 0 saturated heterocycles. The smallest absolute Gasteiger partial charge is 0.422 e. The highest BCUT2D eigenvalue weighted by molar-refractivity contribution is 7.98. The zero-order valence-electron chi connectivity index (χ0n) is 14.8. The van der Waals surface area contributed by atoms with Crippen LogP contribution in [-0.2, 0) is 5.75 Å². The molecule has 0 amide bonds. The first-order chi connectivity index (χ1) is 13.7. The van der Waals surface area contributed by atoms with Crippen molar-refractivity contribution < 1.29 is 36.2 Å². The molecular weight excluding hydrogens is 421 g/mol. The zero-order chi connectivity index (χ0) is 21.0. The maximum atomic E-state index is 12.4. The van der Waals surface area contributed by atoms with Crippen molar-refractivity contribution in [3.8, 4) is 17.2 Å². The highest BCUT2D eigenvalue weighted by atomic mass is 32.2. The quantitative estimate of drug-likeness (QED) is 0.405. The summed E-state index contributed by atoms with van der Waals surface area (Å²) in [5.74, 6) is 0.222. The molecule has 0 aliphatic heterocycles. The van der Waals surface area contributed by atoms with Gasteiger partial charge in [0, 0.05) is 24.1 Å². The number of ether oxygens (including phenoxy) is 3. The summed E-state index contributed by atoms with van der Waals surface area (Å²) < 4.78 is 76.1. The van der Waals surface area contributed by atoms with Gasteiger partial charge in [0.2, 0.25) is 0 Å². The fraction of sp³-hybridized carbons (Fsp3) is 0.294. The van der Waals surface area contributed by atoms with Crippen molar-refractivity contribution in [1.82, 2.24) is 15.0 Å². The van der Waals surface area contributed by atoms with E-state index in [9.17, 15) is 22.0 Å². The lowest BCUT2D eigenvalue weighted by Gasteiger charge is -2.14. The molecule has 0 radical (unpaired) electrons. The lowest BCUT2D eigenvalue weighted by Crippen LogP contribution is -2.19. The third-order valence-electron chi connectivity index (χ3n) is 3.54. The van der Waals surface area contributed by atoms with Gasteiger partial charge in [-0.3, -0.25) is 4.98 Å². The van der Waals surface area contributed by atoms with Crippen molar-refractivity contribution in [1.29, 1.82) is 0 Å². The standard InChI is InChI=1S/C17H14F5N3O3S/c1-26-14-12(23-5-4-13(14)27-8-17(20,21)22)7-29-16-24-10-3-2-9(28-15(18)19)6-11(10)25-16/h2-6,15H,7-8H2,1H3,(H,24,25). The van der Waals surface area contributed by atoms with Gasteiger partial charge in [-0.25, -0.2) is 4.98 Å². The maximum absolute atomic E-state index is 12.4. The van der Waals surface area contributed by atoms with Crippen LogP contribution < -0.4 is 14.2 Å². The summed E-state index contributed by atoms with van der Waals surface area (Å²) in [5.41, 5.74) is 1.39. The second kappa shape index (κ2) is 8.72. The van der Waals surface area contributed by atoms with Crippen LogP contribution >= 0.6 is 11.8 Å². The van der Waals surface area contributed by atoms with Crippen LogP contribution in [0, 0.1) is 0 Å². The molecule has 2 aromatic heterocycles. The van der Waals surface area contributed by atoms with Gasteiger partial charge < -0.3 is 19.2 Å². The van der Waals surface area contributed by atoms with Crippen LogP contribution in [0.3, 0.4) is 0 Å². The fourth-order valence-corrected chi connectivity index (χ4v) is 3.24. The Morgan fingerprint density at radius 1 is 1.21 bits per heavy atom. The van der Waals surface area contributed by atoms with Crippen molar-refractivity contribution in [2.24, 2.45) is 0 Å². The molecule has 12 heteroatoms. The molecule has 156 valence electrons. The topological polar surface area (TPSA) is 69.3 Å². The molecule has 0 spiro atoms. The number of hydrogen-bond donors (Lipinski definition) is 1. The minimum Gasteiger partial charge on any atom is -0.491 e. The minimum atomic E-state index is -4.48. The van der Waals surface area contributed by atoms with E-state index in [4.69, 9.17) is 9.47 Å². The third kappa shape index (κ3) is 5.62. The number of imidazole rings is 1. The number of H-pyrrole nitrogens is 1. The lowest BCUT2D eigenvalue weighted by molar-refractivity contribution is -0.153. The summed E-state index contributed by atoms with van der Waals surface area (Å²) >= 11 is 1.20. The Morgan fingerprint density at radius 3 is 2.69 bits per heavy atom. The van der Waals surface area contributed by atoms with Crippen LogP contribution in [0.25, 0.3) is 11.0 Å². The average Bonchev–Trinajstić information content (AvgIpc) is 3.05. The first-order valence-corrected chi connectivity index (χ1v) is 9.02. The highest BCUT2D eigenvalue weighted by Crippen LogP contribution is 2.34. The fourth-order valence-electron chi connectivity index (χ4n) is 2.41. The Balaban J connectivity index is 1.73. The number of benzene rings is 1. The minimum absolute atomic E-state index is 0.00875. The number of thioether (sulfide) groups is 1. The summed E-state index contributed by atoms with van der Waals surface area (Å²) in [7, 11) is 1.30. The van der Waals surface area contributed by atoms with Crippen LogP contribution in [0.5, 0.6) is 17.2 Å². The lowest BCUT2D eigenvalue weighted by atomic mass is 10.3. The molecule has 1 aromatic carbocycles. The first-order valence-electron chi connectivity index (χ1n) is 8.04. The number of halogens is 5. The van der Waals surface area contributed by atoms with Crippen molar-refractivity contribution >= 4 is 22.8 Å². The second-order valence-corrected chi connectivity index (χ2v) is 6.55. The maximum Gasteiger partial charge on any atom is 0.422 e. The van der Waals surface area contributed by atoms with Crippen LogP contribution in [0.1, 0.15) is 5.69 Å². The molecule has 29 heavy (non-hydrogen) atoms. The molecule has 0 atom stereocenters. The normalized spacial score (nSPS) is 11.8. The van der Waals surface area contributed by atoms with E-state index in [-0.39, 0.29) is 23.0 Å². The molecule has 2 heterocycles. The predicted molar refractivity (Wildman–Crippen MR) is 94.6 cm³/mol. The Hall–Kier alpha value is -2.76. The van der Waals surface area contributed by atoms with Gasteiger partial charge in [0.1, 0.15) is 5.75 Å². The van der Waals surface area contributed by atoms with Crippen molar-refractivity contribution in [3.05, 3.63) is 36.2 Å². The summed E-state index contributed by atoms with van der Waals surface area (Å²) in [4.78, 5) is 11.4. The summed E-state index contributed by atoms with van der Waals surface area (Å²) in [6.45, 7) is -4.39. The van der Waals surface area contributed by atoms with Crippen molar-refractivity contribution in [2.75, 3.05) is 13.7 Å². The van der Waals surface area contributed by atoms with E-state index in [2.05, 4.69) is 19.7 Å². The third-order valence-corrected chi connectivity index (χ3v) is 4.42. The van der Waals surface area contributed by atoms with Crippen molar-refractivity contribution in [3.63, 3.8) is 0 Å². The first kappa shape index (κ1) is 21.0. The second-order valence-electron chi connectivity index (χ2n) is 5.58. The SMILES string of the molecule is COc1c(OCC(F)(F)F)ccnc1CSc1nc2ccc(OC(F)F)cc2[nH]1. The van der Waals surface area contributed by atoms with E-state index in [1.54, 1.807) is 0 Å². The number of hydrogen-bond acceptors (Lipinski definition) is 6. The van der Waals surface area contributed by atoms with Crippen LogP contribution in [0.4, 0.5) is 22.0 Å². The van der Waals surface area contributed by atoms with Crippen molar-refractivity contribution in [2.45, 2.75) is 23.7 Å². The summed E-state index contributed by atoms with van der Waals surface area (Å²) in [6.07, 6.45) is -3.17. The van der Waals surface area contributed by atoms with Gasteiger partial charge in [-0.15, -0.1) is 0 Å². The van der Waals surface area contributed by atoms with Gasteiger partial charge in [0.15, 0.2) is 23.3 Å². The summed E-state index contributed by atoms with van der Waals surface area (Å²) in [6, 6.07) is 5.57. The molecule has 0 fully saturated rings. The Bertz CT molecular complexity index is 981. The van der Waals surface area contributed by atoms with Gasteiger partial charge in [-0.05, 0) is 12.1 Å². The number of rotatable bonds is 8. The molecule has 3 aromatic rings. The van der Waals surface area contributed by atoms with E-state index in [1.165, 1.54) is 49.3 Å². The molecule has 0 bridgehead atoms. The number of methoxy groups -OCH3 is 1. The summed E-state index contributed by atoms with van der Waals surface area (Å²) in [5, 5.41) is 0.458. The van der Waals surface area contributed by atoms with Crippen LogP contribution in [0.2, 0.25) is 0 Å². The van der Waals surface area contributed by atoms with Gasteiger partial charge in [0.25, 0.3) is 0 Å². The molecule has 1 N–H and O–H groups in total. The molecule has 3 rings (SSSR count). The number of nitrogens with one attached hydrogen (secondary N) is 1. The van der Waals surface area contributed by atoms with E-state index >= 15 is 0 Å². The Labute approximate surface area is 165 Å². The van der Waals surface area contributed by atoms with E-state index in [0.29, 0.717) is 21.9 Å². The molecule has 6 nitrogen and oxygen atoms in total. The van der Waals surface area contributed by atoms with E-state index in [0.717, 1.165) is 0 Å². The number of fused-ring (bicyclic) bond motifs is 1. The van der Waals surface area contributed by atoms with E-state index < -0.39 is 19.4 Å². The molecule has 0 saturated carbocycles.